The molecular formula is C24H38O3. The molecule has 8 atom stereocenters. The van der Waals surface area contributed by atoms with Gasteiger partial charge in [-0.1, -0.05) is 32.4 Å². The van der Waals surface area contributed by atoms with Crippen molar-refractivity contribution in [1.29, 1.82) is 0 Å². The molecule has 3 heteroatoms. The number of rotatable bonds is 4. The van der Waals surface area contributed by atoms with E-state index in [1.54, 1.807) is 5.57 Å². The number of carbonyl (C=O) groups is 1. The summed E-state index contributed by atoms with van der Waals surface area (Å²) in [4.78, 5) is 11.0. The second-order valence-electron chi connectivity index (χ2n) is 10.8. The Balaban J connectivity index is 1.54. The Labute approximate surface area is 164 Å². The molecule has 0 saturated heterocycles. The van der Waals surface area contributed by atoms with E-state index in [1.807, 2.05) is 0 Å². The largest absolute Gasteiger partial charge is 0.481 e. The van der Waals surface area contributed by atoms with Gasteiger partial charge in [0.05, 0.1) is 6.10 Å². The summed E-state index contributed by atoms with van der Waals surface area (Å²) in [5.41, 5.74) is 2.27. The van der Waals surface area contributed by atoms with E-state index in [0.717, 1.165) is 43.4 Å². The Bertz CT molecular complexity index is 625. The lowest BCUT2D eigenvalue weighted by molar-refractivity contribution is -0.137. The van der Waals surface area contributed by atoms with Crippen LogP contribution >= 0.6 is 0 Å². The fraction of sp³-hybridized carbons (Fsp3) is 0.875. The molecule has 0 heterocycles. The van der Waals surface area contributed by atoms with Gasteiger partial charge in [0.25, 0.3) is 0 Å². The SMILES string of the molecule is C[C@H](CCC(=O)O)[C@H]1CCC2C3CC=C4C[C@@H](O)CC[C@]4(C)C3CCC21C. The smallest absolute Gasteiger partial charge is 0.303 e. The van der Waals surface area contributed by atoms with Crippen molar-refractivity contribution in [2.45, 2.75) is 91.1 Å². The van der Waals surface area contributed by atoms with Crippen LogP contribution in [0.4, 0.5) is 0 Å². The van der Waals surface area contributed by atoms with E-state index in [9.17, 15) is 9.90 Å². The molecule has 0 aliphatic heterocycles. The Morgan fingerprint density at radius 1 is 1.19 bits per heavy atom. The monoisotopic (exact) mass is 374 g/mol. The third-order valence-corrected chi connectivity index (χ3v) is 9.65. The molecule has 0 spiro atoms. The molecule has 4 rings (SSSR count). The van der Waals surface area contributed by atoms with Crippen LogP contribution in [0.15, 0.2) is 11.6 Å². The van der Waals surface area contributed by atoms with Gasteiger partial charge in [0.2, 0.25) is 0 Å². The van der Waals surface area contributed by atoms with Crippen LogP contribution in [0.25, 0.3) is 0 Å². The Kier molecular flexibility index (Phi) is 4.98. The van der Waals surface area contributed by atoms with Crippen molar-refractivity contribution in [3.63, 3.8) is 0 Å². The molecule has 0 aromatic carbocycles. The van der Waals surface area contributed by atoms with Gasteiger partial charge in [-0.25, -0.2) is 0 Å². The summed E-state index contributed by atoms with van der Waals surface area (Å²) in [5.74, 6) is 2.94. The molecule has 4 unspecified atom stereocenters. The molecule has 0 radical (unpaired) electrons. The van der Waals surface area contributed by atoms with E-state index >= 15 is 0 Å². The first-order valence-corrected chi connectivity index (χ1v) is 11.3. The van der Waals surface area contributed by atoms with E-state index < -0.39 is 5.97 Å². The van der Waals surface area contributed by atoms with Crippen molar-refractivity contribution in [3.05, 3.63) is 11.6 Å². The highest BCUT2D eigenvalue weighted by Gasteiger charge is 2.59. The van der Waals surface area contributed by atoms with Gasteiger partial charge >= 0.3 is 5.97 Å². The molecule has 0 amide bonds. The number of aliphatic hydroxyl groups is 1. The topological polar surface area (TPSA) is 57.5 Å². The van der Waals surface area contributed by atoms with Crippen LogP contribution in [0, 0.1) is 40.4 Å². The van der Waals surface area contributed by atoms with Gasteiger partial charge < -0.3 is 10.2 Å². The van der Waals surface area contributed by atoms with E-state index in [0.29, 0.717) is 29.1 Å². The van der Waals surface area contributed by atoms with Gasteiger partial charge in [0.1, 0.15) is 0 Å². The molecule has 0 aromatic rings. The number of carboxylic acids is 1. The van der Waals surface area contributed by atoms with E-state index in [2.05, 4.69) is 26.8 Å². The van der Waals surface area contributed by atoms with E-state index in [1.165, 1.54) is 32.1 Å². The Morgan fingerprint density at radius 2 is 1.96 bits per heavy atom. The summed E-state index contributed by atoms with van der Waals surface area (Å²) in [7, 11) is 0. The number of allylic oxidation sites excluding steroid dienone is 1. The predicted octanol–water partition coefficient (Wildman–Crippen LogP) is 5.43. The van der Waals surface area contributed by atoms with E-state index in [-0.39, 0.29) is 6.10 Å². The summed E-state index contributed by atoms with van der Waals surface area (Å²) in [6, 6.07) is 0. The summed E-state index contributed by atoms with van der Waals surface area (Å²) >= 11 is 0. The normalized spacial score (nSPS) is 47.4. The average molecular weight is 375 g/mol. The zero-order valence-electron chi connectivity index (χ0n) is 17.4. The molecule has 3 fully saturated rings. The third-order valence-electron chi connectivity index (χ3n) is 9.65. The van der Waals surface area contributed by atoms with Gasteiger partial charge in [0.15, 0.2) is 0 Å². The number of hydrogen-bond acceptors (Lipinski definition) is 2. The van der Waals surface area contributed by atoms with Crippen LogP contribution in [0.1, 0.15) is 85.0 Å². The zero-order valence-corrected chi connectivity index (χ0v) is 17.4. The summed E-state index contributed by atoms with van der Waals surface area (Å²) in [6.07, 6.45) is 13.0. The minimum absolute atomic E-state index is 0.124. The molecule has 3 saturated carbocycles. The first-order chi connectivity index (χ1) is 12.8. The molecule has 3 nitrogen and oxygen atoms in total. The molecule has 27 heavy (non-hydrogen) atoms. The molecule has 0 bridgehead atoms. The number of carboxylic acid groups (broad SMARTS) is 1. The second-order valence-corrected chi connectivity index (χ2v) is 10.8. The van der Waals surface area contributed by atoms with Crippen LogP contribution < -0.4 is 0 Å². The highest BCUT2D eigenvalue weighted by Crippen LogP contribution is 2.67. The summed E-state index contributed by atoms with van der Waals surface area (Å²) in [6.45, 7) is 7.33. The summed E-state index contributed by atoms with van der Waals surface area (Å²) in [5, 5.41) is 19.2. The zero-order chi connectivity index (χ0) is 19.4. The lowest BCUT2D eigenvalue weighted by Gasteiger charge is -2.58. The molecule has 4 aliphatic carbocycles. The molecule has 4 aliphatic rings. The fourth-order valence-electron chi connectivity index (χ4n) is 8.17. The average Bonchev–Trinajstić information content (AvgIpc) is 2.97. The van der Waals surface area contributed by atoms with Crippen LogP contribution in [0.5, 0.6) is 0 Å². The van der Waals surface area contributed by atoms with Crippen LogP contribution in [0.3, 0.4) is 0 Å². The second kappa shape index (κ2) is 6.90. The third kappa shape index (κ3) is 3.09. The van der Waals surface area contributed by atoms with E-state index in [4.69, 9.17) is 5.11 Å². The van der Waals surface area contributed by atoms with Gasteiger partial charge in [-0.05, 0) is 98.2 Å². The first kappa shape index (κ1) is 19.5. The molecular weight excluding hydrogens is 336 g/mol. The standard InChI is InChI=1S/C24H38O3/c1-15(4-9-22(26)27)19-7-8-20-18-6-5-16-14-17(25)10-12-23(16,2)21(18)11-13-24(19,20)3/h5,15,17-21,25H,4,6-14H2,1-3H3,(H,26,27)/t15-,17+,18?,19-,20?,21?,23+,24?/m1/s1. The van der Waals surface area contributed by atoms with Crippen molar-refractivity contribution in [2.24, 2.45) is 40.4 Å². The van der Waals surface area contributed by atoms with Gasteiger partial charge in [-0.3, -0.25) is 4.79 Å². The molecule has 152 valence electrons. The van der Waals surface area contributed by atoms with Gasteiger partial charge in [0, 0.05) is 6.42 Å². The first-order valence-electron chi connectivity index (χ1n) is 11.3. The maximum absolute atomic E-state index is 11.0. The fourth-order valence-corrected chi connectivity index (χ4v) is 8.17. The van der Waals surface area contributed by atoms with Gasteiger partial charge in [-0.15, -0.1) is 0 Å². The van der Waals surface area contributed by atoms with Crippen molar-refractivity contribution < 1.29 is 15.0 Å². The Hall–Kier alpha value is -0.830. The summed E-state index contributed by atoms with van der Waals surface area (Å²) < 4.78 is 0. The number of fused-ring (bicyclic) bond motifs is 5. The molecule has 2 N–H and O–H groups in total. The van der Waals surface area contributed by atoms with Crippen molar-refractivity contribution in [3.8, 4) is 0 Å². The lowest BCUT2D eigenvalue weighted by atomic mass is 9.47. The lowest BCUT2D eigenvalue weighted by Crippen LogP contribution is -2.50. The number of aliphatic hydroxyl groups excluding tert-OH is 1. The highest BCUT2D eigenvalue weighted by atomic mass is 16.4. The van der Waals surface area contributed by atoms with Gasteiger partial charge in [-0.2, -0.15) is 0 Å². The highest BCUT2D eigenvalue weighted by molar-refractivity contribution is 5.66. The van der Waals surface area contributed by atoms with Crippen LogP contribution in [-0.2, 0) is 4.79 Å². The predicted molar refractivity (Wildman–Crippen MR) is 107 cm³/mol. The maximum atomic E-state index is 11.0. The molecule has 0 aromatic heterocycles. The maximum Gasteiger partial charge on any atom is 0.303 e. The number of hydrogen-bond donors (Lipinski definition) is 2. The number of aliphatic carboxylic acids is 1. The minimum atomic E-state index is -0.650. The quantitative estimate of drug-likeness (QED) is 0.645. The van der Waals surface area contributed by atoms with Crippen molar-refractivity contribution in [2.75, 3.05) is 0 Å². The Morgan fingerprint density at radius 3 is 2.70 bits per heavy atom. The van der Waals surface area contributed by atoms with Crippen LogP contribution in [-0.4, -0.2) is 22.3 Å². The van der Waals surface area contributed by atoms with Crippen molar-refractivity contribution >= 4 is 5.97 Å². The van der Waals surface area contributed by atoms with Crippen molar-refractivity contribution in [1.82, 2.24) is 0 Å². The minimum Gasteiger partial charge on any atom is -0.481 e. The van der Waals surface area contributed by atoms with Crippen LogP contribution in [0.2, 0.25) is 0 Å².